The fourth-order valence-corrected chi connectivity index (χ4v) is 5.49. The molecule has 5 amide bonds. The first-order chi connectivity index (χ1) is 21.1. The molecule has 0 spiro atoms. The first-order valence-corrected chi connectivity index (χ1v) is 14.4. The summed E-state index contributed by atoms with van der Waals surface area (Å²) in [6, 6.07) is 11.4. The van der Waals surface area contributed by atoms with Crippen LogP contribution >= 0.6 is 0 Å². The van der Waals surface area contributed by atoms with Gasteiger partial charge in [-0.3, -0.25) is 9.59 Å². The highest BCUT2D eigenvalue weighted by Gasteiger charge is 2.51. The zero-order chi connectivity index (χ0) is 31.8. The highest BCUT2D eigenvalue weighted by molar-refractivity contribution is 5.91. The third-order valence-electron chi connectivity index (χ3n) is 7.77. The molecule has 13 heteroatoms. The van der Waals surface area contributed by atoms with Gasteiger partial charge in [-0.1, -0.05) is 36.9 Å². The van der Waals surface area contributed by atoms with Crippen molar-refractivity contribution < 1.29 is 33.0 Å². The summed E-state index contributed by atoms with van der Waals surface area (Å²) in [7, 11) is 3.23. The van der Waals surface area contributed by atoms with Crippen LogP contribution in [0.4, 0.5) is 14.0 Å². The van der Waals surface area contributed by atoms with Crippen molar-refractivity contribution in [2.75, 3.05) is 40.4 Å². The molecule has 2 aliphatic rings. The van der Waals surface area contributed by atoms with E-state index in [9.17, 15) is 23.6 Å². The van der Waals surface area contributed by atoms with Crippen molar-refractivity contribution in [3.05, 3.63) is 78.1 Å². The molecule has 2 N–H and O–H groups in total. The molecule has 0 radical (unpaired) electrons. The summed E-state index contributed by atoms with van der Waals surface area (Å²) in [5.74, 6) is -0.276. The average molecular weight is 611 g/mol. The maximum atomic E-state index is 14.0. The Morgan fingerprint density at radius 2 is 1.82 bits per heavy atom. The zero-order valence-corrected chi connectivity index (χ0v) is 25.2. The van der Waals surface area contributed by atoms with Gasteiger partial charge in [-0.25, -0.2) is 24.0 Å². The van der Waals surface area contributed by atoms with Crippen LogP contribution in [0.3, 0.4) is 0 Å². The summed E-state index contributed by atoms with van der Waals surface area (Å²) in [6.07, 6.45) is 0.650. The van der Waals surface area contributed by atoms with Gasteiger partial charge in [0.1, 0.15) is 30.4 Å². The highest BCUT2D eigenvalue weighted by Crippen LogP contribution is 2.32. The van der Waals surface area contributed by atoms with Crippen LogP contribution < -0.4 is 15.4 Å². The number of hydrogen-bond acceptors (Lipinski definition) is 7. The molecule has 0 aliphatic carbocycles. The van der Waals surface area contributed by atoms with Crippen LogP contribution in [0.2, 0.25) is 0 Å². The van der Waals surface area contributed by atoms with Crippen molar-refractivity contribution >= 4 is 23.9 Å². The van der Waals surface area contributed by atoms with Gasteiger partial charge >= 0.3 is 12.1 Å². The van der Waals surface area contributed by atoms with E-state index in [1.807, 2.05) is 19.1 Å². The lowest BCUT2D eigenvalue weighted by Gasteiger charge is -2.55. The van der Waals surface area contributed by atoms with Gasteiger partial charge < -0.3 is 29.9 Å². The normalized spacial score (nSPS) is 19.2. The van der Waals surface area contributed by atoms with Gasteiger partial charge in [0.25, 0.3) is 0 Å². The van der Waals surface area contributed by atoms with Crippen molar-refractivity contribution in [3.8, 4) is 5.75 Å². The lowest BCUT2D eigenvalue weighted by atomic mass is 9.98. The maximum absolute atomic E-state index is 14.0. The first-order valence-electron chi connectivity index (χ1n) is 14.4. The Morgan fingerprint density at radius 1 is 1.11 bits per heavy atom. The molecule has 3 atom stereocenters. The van der Waals surface area contributed by atoms with Crippen molar-refractivity contribution in [2.24, 2.45) is 0 Å². The van der Waals surface area contributed by atoms with Crippen LogP contribution in [0.5, 0.6) is 5.75 Å². The Hall–Kier alpha value is -4.65. The number of urea groups is 1. The molecule has 0 bridgehead atoms. The minimum atomic E-state index is -0.888. The molecule has 2 saturated heterocycles. The minimum absolute atomic E-state index is 0.0477. The van der Waals surface area contributed by atoms with E-state index in [0.29, 0.717) is 17.7 Å². The number of likely N-dealkylation sites (N-methyl/N-ethyl adjacent to an activating group) is 1. The lowest BCUT2D eigenvalue weighted by molar-refractivity contribution is -0.189. The second-order valence-corrected chi connectivity index (χ2v) is 10.6. The van der Waals surface area contributed by atoms with Crippen LogP contribution in [0.1, 0.15) is 36.9 Å². The number of alkyl carbamates (subject to hydrolysis) is 1. The van der Waals surface area contributed by atoms with E-state index in [0.717, 1.165) is 5.56 Å². The van der Waals surface area contributed by atoms with Gasteiger partial charge in [0, 0.05) is 20.1 Å². The molecule has 2 fully saturated rings. The summed E-state index contributed by atoms with van der Waals surface area (Å²) < 4.78 is 23.8. The molecule has 44 heavy (non-hydrogen) atoms. The quantitative estimate of drug-likeness (QED) is 0.296. The van der Waals surface area contributed by atoms with Crippen LogP contribution in [-0.4, -0.2) is 96.4 Å². The molecule has 2 aromatic rings. The Kier molecular flexibility index (Phi) is 10.8. The SMILES string of the molecule is C=CCOC(=O)NCCC[C@H]1C(=O)N(C(C)c2ccc(F)cc2)C[C@H]2N1C(=O)CN(C)N2C(=O)NCc1ccc(OC)cc1. The molecule has 236 valence electrons. The van der Waals surface area contributed by atoms with Crippen LogP contribution in [0.15, 0.2) is 61.2 Å². The second-order valence-electron chi connectivity index (χ2n) is 10.6. The van der Waals surface area contributed by atoms with Gasteiger partial charge in [0.05, 0.1) is 26.2 Å². The Balaban J connectivity index is 1.57. The van der Waals surface area contributed by atoms with Crippen LogP contribution in [0, 0.1) is 5.82 Å². The van der Waals surface area contributed by atoms with Crippen molar-refractivity contribution in [1.29, 1.82) is 0 Å². The van der Waals surface area contributed by atoms with Crippen molar-refractivity contribution in [1.82, 2.24) is 30.5 Å². The number of carbonyl (C=O) groups excluding carboxylic acids is 4. The summed E-state index contributed by atoms with van der Waals surface area (Å²) in [5.41, 5.74) is 1.57. The molecular formula is C31H39FN6O6. The number of hydrogen-bond donors (Lipinski definition) is 2. The van der Waals surface area contributed by atoms with E-state index in [-0.39, 0.29) is 51.0 Å². The molecule has 2 heterocycles. The number of carbonyl (C=O) groups is 4. The number of fused-ring (bicyclic) bond motifs is 1. The third-order valence-corrected chi connectivity index (χ3v) is 7.77. The largest absolute Gasteiger partial charge is 0.497 e. The number of nitrogens with one attached hydrogen (secondary N) is 2. The van der Waals surface area contributed by atoms with Gasteiger partial charge in [-0.2, -0.15) is 0 Å². The smallest absolute Gasteiger partial charge is 0.407 e. The Labute approximate surface area is 256 Å². The van der Waals surface area contributed by atoms with Gasteiger partial charge in [0.15, 0.2) is 0 Å². The average Bonchev–Trinajstić information content (AvgIpc) is 3.01. The number of nitrogens with zero attached hydrogens (tertiary/aromatic N) is 4. The minimum Gasteiger partial charge on any atom is -0.497 e. The number of benzene rings is 2. The van der Waals surface area contributed by atoms with Crippen LogP contribution in [-0.2, 0) is 20.9 Å². The van der Waals surface area contributed by atoms with Crippen LogP contribution in [0.25, 0.3) is 0 Å². The van der Waals surface area contributed by atoms with E-state index in [2.05, 4.69) is 17.2 Å². The maximum Gasteiger partial charge on any atom is 0.407 e. The van der Waals surface area contributed by atoms with Gasteiger partial charge in [-0.05, 0) is 55.2 Å². The summed E-state index contributed by atoms with van der Waals surface area (Å²) in [5, 5.41) is 8.58. The molecule has 2 aliphatic heterocycles. The van der Waals surface area contributed by atoms with E-state index in [1.54, 1.807) is 48.3 Å². The molecule has 1 unspecified atom stereocenters. The molecule has 0 aromatic heterocycles. The van der Waals surface area contributed by atoms with Gasteiger partial charge in [-0.15, -0.1) is 0 Å². The molecule has 4 rings (SSSR count). The number of piperazine rings is 1. The number of ether oxygens (including phenoxy) is 2. The van der Waals surface area contributed by atoms with E-state index < -0.39 is 36.2 Å². The predicted molar refractivity (Wildman–Crippen MR) is 159 cm³/mol. The zero-order valence-electron chi connectivity index (χ0n) is 25.2. The predicted octanol–water partition coefficient (Wildman–Crippen LogP) is 3.03. The number of rotatable bonds is 11. The summed E-state index contributed by atoms with van der Waals surface area (Å²) in [4.78, 5) is 56.1. The highest BCUT2D eigenvalue weighted by atomic mass is 19.1. The third kappa shape index (κ3) is 7.46. The molecule has 0 saturated carbocycles. The van der Waals surface area contributed by atoms with E-state index >= 15 is 0 Å². The summed E-state index contributed by atoms with van der Waals surface area (Å²) in [6.45, 7) is 5.80. The number of methoxy groups -OCH3 is 1. The Bertz CT molecular complexity index is 1340. The molecule has 2 aromatic carbocycles. The number of hydrazine groups is 1. The van der Waals surface area contributed by atoms with E-state index in [1.165, 1.54) is 28.1 Å². The fourth-order valence-electron chi connectivity index (χ4n) is 5.49. The molecule has 12 nitrogen and oxygen atoms in total. The first kappa shape index (κ1) is 32.3. The monoisotopic (exact) mass is 610 g/mol. The summed E-state index contributed by atoms with van der Waals surface area (Å²) >= 11 is 0. The number of halogens is 1. The van der Waals surface area contributed by atoms with Crippen molar-refractivity contribution in [2.45, 2.75) is 44.6 Å². The lowest BCUT2D eigenvalue weighted by Crippen LogP contribution is -2.76. The molecular weight excluding hydrogens is 571 g/mol. The topological polar surface area (TPSA) is 124 Å². The van der Waals surface area contributed by atoms with E-state index in [4.69, 9.17) is 9.47 Å². The van der Waals surface area contributed by atoms with Gasteiger partial charge in [0.2, 0.25) is 11.8 Å². The fraction of sp³-hybridized carbons (Fsp3) is 0.419. The van der Waals surface area contributed by atoms with Crippen molar-refractivity contribution in [3.63, 3.8) is 0 Å². The second kappa shape index (κ2) is 14.7. The number of amides is 5. The standard InChI is InChI=1S/C31H39FN6O6/c1-5-17-44-31(42)33-16-6-7-26-29(40)36(21(2)23-10-12-24(32)13-11-23)19-27-37(26)28(39)20-35(3)38(27)30(41)34-18-22-8-14-25(43-4)15-9-22/h5,8-15,21,26-27H,1,6-7,16-20H2,2-4H3,(H,33,42)(H,34,41)/t21?,26-,27-/m0/s1. The Morgan fingerprint density at radius 3 is 2.48 bits per heavy atom.